The highest BCUT2D eigenvalue weighted by Crippen LogP contribution is 2.29. The van der Waals surface area contributed by atoms with Gasteiger partial charge in [-0.1, -0.05) is 18.2 Å². The molecule has 0 bridgehead atoms. The van der Waals surface area contributed by atoms with Gasteiger partial charge in [-0.05, 0) is 40.3 Å². The minimum Gasteiger partial charge on any atom is -0.489 e. The topological polar surface area (TPSA) is 52.8 Å². The number of nitrogens with zero attached hydrogens (tertiary/aromatic N) is 4. The normalized spacial score (nSPS) is 11.4. The van der Waals surface area contributed by atoms with Crippen molar-refractivity contribution in [1.82, 2.24) is 20.2 Å². The summed E-state index contributed by atoms with van der Waals surface area (Å²) >= 11 is 0. The molecular weight excluding hydrogens is 309 g/mol. The van der Waals surface area contributed by atoms with Gasteiger partial charge in [0.25, 0.3) is 0 Å². The molecule has 0 amide bonds. The molecule has 0 spiro atoms. The smallest absolute Gasteiger partial charge is 0.416 e. The van der Waals surface area contributed by atoms with Crippen molar-refractivity contribution in [3.8, 4) is 11.4 Å². The molecule has 3 aromatic rings. The van der Waals surface area contributed by atoms with Crippen molar-refractivity contribution in [2.75, 3.05) is 0 Å². The molecule has 0 N–H and O–H groups in total. The first-order valence-electron chi connectivity index (χ1n) is 6.65. The van der Waals surface area contributed by atoms with Crippen LogP contribution in [0.4, 0.5) is 13.2 Å². The van der Waals surface area contributed by atoms with Crippen molar-refractivity contribution >= 4 is 0 Å². The Morgan fingerprint density at radius 1 is 1.04 bits per heavy atom. The van der Waals surface area contributed by atoms with Crippen LogP contribution in [0.1, 0.15) is 11.1 Å². The summed E-state index contributed by atoms with van der Waals surface area (Å²) < 4.78 is 44.6. The Morgan fingerprint density at radius 2 is 1.83 bits per heavy atom. The monoisotopic (exact) mass is 320 g/mol. The largest absolute Gasteiger partial charge is 0.489 e. The first-order valence-corrected chi connectivity index (χ1v) is 6.65. The van der Waals surface area contributed by atoms with Crippen LogP contribution in [0.15, 0.2) is 54.9 Å². The summed E-state index contributed by atoms with van der Waals surface area (Å²) in [5.41, 5.74) is 0.688. The quantitative estimate of drug-likeness (QED) is 0.740. The van der Waals surface area contributed by atoms with E-state index in [1.165, 1.54) is 23.1 Å². The molecule has 2 aromatic carbocycles. The lowest BCUT2D eigenvalue weighted by atomic mass is 10.1. The molecule has 1 aromatic heterocycles. The van der Waals surface area contributed by atoms with Gasteiger partial charge in [-0.25, -0.2) is 4.68 Å². The number of ether oxygens (including phenoxy) is 1. The molecule has 0 saturated carbocycles. The lowest BCUT2D eigenvalue weighted by Crippen LogP contribution is -2.05. The molecule has 0 aliphatic rings. The number of rotatable bonds is 4. The van der Waals surface area contributed by atoms with Crippen molar-refractivity contribution in [2.45, 2.75) is 12.8 Å². The maximum Gasteiger partial charge on any atom is 0.416 e. The number of benzene rings is 2. The summed E-state index contributed by atoms with van der Waals surface area (Å²) in [5.74, 6) is 0.567. The van der Waals surface area contributed by atoms with Crippen molar-refractivity contribution in [3.63, 3.8) is 0 Å². The fraction of sp³-hybridized carbons (Fsp3) is 0.133. The molecule has 0 unspecified atom stereocenters. The minimum absolute atomic E-state index is 0.164. The third-order valence-electron chi connectivity index (χ3n) is 3.12. The van der Waals surface area contributed by atoms with E-state index in [1.807, 2.05) is 0 Å². The van der Waals surface area contributed by atoms with E-state index in [9.17, 15) is 13.2 Å². The molecule has 0 aliphatic heterocycles. The van der Waals surface area contributed by atoms with E-state index < -0.39 is 11.7 Å². The highest BCUT2D eigenvalue weighted by Gasteiger charge is 2.29. The van der Waals surface area contributed by atoms with Crippen LogP contribution in [-0.2, 0) is 12.8 Å². The third-order valence-corrected chi connectivity index (χ3v) is 3.12. The fourth-order valence-corrected chi connectivity index (χ4v) is 1.95. The van der Waals surface area contributed by atoms with Crippen molar-refractivity contribution in [3.05, 3.63) is 66.0 Å². The SMILES string of the molecule is FC(F)(F)c1ccc(COc2cccc(-n3cnnn3)c2)cc1. The van der Waals surface area contributed by atoms with Gasteiger partial charge in [0, 0.05) is 6.07 Å². The third kappa shape index (κ3) is 3.65. The lowest BCUT2D eigenvalue weighted by molar-refractivity contribution is -0.137. The first kappa shape index (κ1) is 15.0. The van der Waals surface area contributed by atoms with Crippen molar-refractivity contribution in [2.24, 2.45) is 0 Å². The van der Waals surface area contributed by atoms with Crippen LogP contribution in [0, 0.1) is 0 Å². The number of hydrogen-bond donors (Lipinski definition) is 0. The summed E-state index contributed by atoms with van der Waals surface area (Å²) in [6, 6.07) is 11.9. The number of aromatic nitrogens is 4. The number of halogens is 3. The summed E-state index contributed by atoms with van der Waals surface area (Å²) in [6.07, 6.45) is -2.88. The fourth-order valence-electron chi connectivity index (χ4n) is 1.95. The minimum atomic E-state index is -4.33. The van der Waals surface area contributed by atoms with Gasteiger partial charge in [0.15, 0.2) is 0 Å². The van der Waals surface area contributed by atoms with E-state index in [0.717, 1.165) is 17.8 Å². The van der Waals surface area contributed by atoms with Crippen LogP contribution in [0.2, 0.25) is 0 Å². The van der Waals surface area contributed by atoms with E-state index in [2.05, 4.69) is 15.5 Å². The molecule has 5 nitrogen and oxygen atoms in total. The van der Waals surface area contributed by atoms with Gasteiger partial charge in [0.1, 0.15) is 18.7 Å². The van der Waals surface area contributed by atoms with Gasteiger partial charge in [-0.3, -0.25) is 0 Å². The Hall–Kier alpha value is -2.90. The number of alkyl halides is 3. The summed E-state index contributed by atoms with van der Waals surface area (Å²) in [5, 5.41) is 10.9. The van der Waals surface area contributed by atoms with Crippen LogP contribution in [-0.4, -0.2) is 20.2 Å². The molecule has 118 valence electrons. The van der Waals surface area contributed by atoms with Gasteiger partial charge in [0.2, 0.25) is 0 Å². The molecule has 0 atom stereocenters. The molecule has 0 radical (unpaired) electrons. The van der Waals surface area contributed by atoms with E-state index in [0.29, 0.717) is 11.3 Å². The van der Waals surface area contributed by atoms with Crippen LogP contribution in [0.25, 0.3) is 5.69 Å². The van der Waals surface area contributed by atoms with E-state index in [4.69, 9.17) is 4.74 Å². The number of hydrogen-bond acceptors (Lipinski definition) is 4. The summed E-state index contributed by atoms with van der Waals surface area (Å²) in [7, 11) is 0. The zero-order valence-corrected chi connectivity index (χ0v) is 11.7. The maximum absolute atomic E-state index is 12.5. The van der Waals surface area contributed by atoms with Gasteiger partial charge < -0.3 is 4.74 Å². The standard InChI is InChI=1S/C15H11F3N4O/c16-15(17,18)12-6-4-11(5-7-12)9-23-14-3-1-2-13(8-14)22-10-19-20-21-22/h1-8,10H,9H2. The Labute approximate surface area is 129 Å². The first-order chi connectivity index (χ1) is 11.0. The predicted octanol–water partition coefficient (Wildman–Crippen LogP) is 3.26. The average molecular weight is 320 g/mol. The molecule has 0 saturated heterocycles. The van der Waals surface area contributed by atoms with Crippen LogP contribution < -0.4 is 4.74 Å². The van der Waals surface area contributed by atoms with Gasteiger partial charge in [-0.15, -0.1) is 5.10 Å². The summed E-state index contributed by atoms with van der Waals surface area (Å²) in [4.78, 5) is 0. The predicted molar refractivity (Wildman–Crippen MR) is 74.9 cm³/mol. The lowest BCUT2D eigenvalue weighted by Gasteiger charge is -2.10. The van der Waals surface area contributed by atoms with Crippen LogP contribution in [0.3, 0.4) is 0 Å². The van der Waals surface area contributed by atoms with E-state index in [1.54, 1.807) is 24.3 Å². The van der Waals surface area contributed by atoms with E-state index >= 15 is 0 Å². The average Bonchev–Trinajstić information content (AvgIpc) is 3.07. The molecule has 23 heavy (non-hydrogen) atoms. The molecule has 8 heteroatoms. The van der Waals surface area contributed by atoms with Gasteiger partial charge in [-0.2, -0.15) is 13.2 Å². The molecule has 3 rings (SSSR count). The van der Waals surface area contributed by atoms with Crippen LogP contribution in [0.5, 0.6) is 5.75 Å². The Kier molecular flexibility index (Phi) is 3.96. The number of tetrazole rings is 1. The maximum atomic E-state index is 12.5. The van der Waals surface area contributed by atoms with Gasteiger partial charge in [0.05, 0.1) is 11.3 Å². The molecule has 0 fully saturated rings. The molecule has 0 aliphatic carbocycles. The molecule has 1 heterocycles. The zero-order chi connectivity index (χ0) is 16.3. The van der Waals surface area contributed by atoms with Crippen LogP contribution >= 0.6 is 0 Å². The summed E-state index contributed by atoms with van der Waals surface area (Å²) in [6.45, 7) is 0.164. The second-order valence-corrected chi connectivity index (χ2v) is 4.74. The Bertz CT molecular complexity index is 770. The highest BCUT2D eigenvalue weighted by atomic mass is 19.4. The van der Waals surface area contributed by atoms with Crippen molar-refractivity contribution in [1.29, 1.82) is 0 Å². The second kappa shape index (κ2) is 6.07. The molecular formula is C15H11F3N4O. The Balaban J connectivity index is 1.68. The Morgan fingerprint density at radius 3 is 2.48 bits per heavy atom. The van der Waals surface area contributed by atoms with Gasteiger partial charge >= 0.3 is 6.18 Å². The van der Waals surface area contributed by atoms with Crippen molar-refractivity contribution < 1.29 is 17.9 Å². The van der Waals surface area contributed by atoms with E-state index in [-0.39, 0.29) is 6.61 Å². The second-order valence-electron chi connectivity index (χ2n) is 4.74. The highest BCUT2D eigenvalue weighted by molar-refractivity contribution is 5.38. The zero-order valence-electron chi connectivity index (χ0n) is 11.7.